The largest absolute Gasteiger partial charge is 0.479 e. The molecule has 1 aliphatic rings. The molecule has 0 spiro atoms. The Morgan fingerprint density at radius 2 is 1.96 bits per heavy atom. The number of carbonyl (C=O) groups is 3. The lowest BCUT2D eigenvalue weighted by atomic mass is 10.3. The minimum atomic E-state index is -0.803. The maximum atomic E-state index is 13.3. The first kappa shape index (κ1) is 17.7. The fourth-order valence-corrected chi connectivity index (χ4v) is 1.80. The van der Waals surface area contributed by atoms with E-state index in [2.05, 4.69) is 5.32 Å². The summed E-state index contributed by atoms with van der Waals surface area (Å²) in [6, 6.07) is 5.85. The molecule has 8 heteroatoms. The number of amides is 2. The second kappa shape index (κ2) is 8.28. The number of rotatable bonds is 8. The molecular weight excluding hydrogens is 319 g/mol. The van der Waals surface area contributed by atoms with Crippen molar-refractivity contribution in [2.75, 3.05) is 26.8 Å². The van der Waals surface area contributed by atoms with Crippen LogP contribution in [0.1, 0.15) is 12.8 Å². The molecule has 0 aromatic heterocycles. The lowest BCUT2D eigenvalue weighted by Crippen LogP contribution is -2.40. The summed E-state index contributed by atoms with van der Waals surface area (Å²) in [7, 11) is 1.44. The number of nitrogens with one attached hydrogen (secondary N) is 1. The lowest BCUT2D eigenvalue weighted by Gasteiger charge is -2.16. The molecule has 0 saturated heterocycles. The van der Waals surface area contributed by atoms with Crippen LogP contribution in [-0.4, -0.2) is 55.5 Å². The van der Waals surface area contributed by atoms with Crippen molar-refractivity contribution >= 4 is 17.8 Å². The zero-order chi connectivity index (χ0) is 17.5. The van der Waals surface area contributed by atoms with E-state index in [9.17, 15) is 18.8 Å². The molecule has 7 nitrogen and oxygen atoms in total. The molecule has 1 aromatic rings. The molecule has 0 heterocycles. The van der Waals surface area contributed by atoms with Crippen LogP contribution in [0.4, 0.5) is 4.39 Å². The normalized spacial score (nSPS) is 13.1. The van der Waals surface area contributed by atoms with Crippen LogP contribution in [0.25, 0.3) is 0 Å². The Bertz CT molecular complexity index is 618. The monoisotopic (exact) mass is 338 g/mol. The summed E-state index contributed by atoms with van der Waals surface area (Å²) >= 11 is 0. The van der Waals surface area contributed by atoms with E-state index in [4.69, 9.17) is 9.47 Å². The van der Waals surface area contributed by atoms with E-state index in [-0.39, 0.29) is 24.2 Å². The molecule has 1 fully saturated rings. The molecule has 1 aromatic carbocycles. The quantitative estimate of drug-likeness (QED) is 0.697. The molecule has 1 N–H and O–H groups in total. The van der Waals surface area contributed by atoms with Crippen LogP contribution in [0.3, 0.4) is 0 Å². The number of halogens is 1. The van der Waals surface area contributed by atoms with Crippen molar-refractivity contribution in [3.05, 3.63) is 30.1 Å². The Labute approximate surface area is 138 Å². The Kier molecular flexibility index (Phi) is 6.11. The van der Waals surface area contributed by atoms with Gasteiger partial charge in [-0.05, 0) is 25.0 Å². The zero-order valence-electron chi connectivity index (χ0n) is 13.3. The van der Waals surface area contributed by atoms with Crippen LogP contribution >= 0.6 is 0 Å². The first-order chi connectivity index (χ1) is 11.5. The van der Waals surface area contributed by atoms with E-state index in [0.717, 1.165) is 12.8 Å². The molecule has 0 atom stereocenters. The fourth-order valence-electron chi connectivity index (χ4n) is 1.80. The highest BCUT2D eigenvalue weighted by Crippen LogP contribution is 2.18. The molecule has 0 bridgehead atoms. The third-order valence-electron chi connectivity index (χ3n) is 3.29. The van der Waals surface area contributed by atoms with Gasteiger partial charge in [0, 0.05) is 13.1 Å². The summed E-state index contributed by atoms with van der Waals surface area (Å²) in [6.07, 6.45) is 1.92. The van der Waals surface area contributed by atoms with Crippen molar-refractivity contribution in [2.45, 2.75) is 18.9 Å². The van der Waals surface area contributed by atoms with Gasteiger partial charge in [-0.15, -0.1) is 0 Å². The first-order valence-corrected chi connectivity index (χ1v) is 7.52. The number of para-hydroxylation sites is 1. The smallest absolute Gasteiger partial charge is 0.344 e. The van der Waals surface area contributed by atoms with Crippen molar-refractivity contribution in [3.63, 3.8) is 0 Å². The maximum absolute atomic E-state index is 13.3. The Morgan fingerprint density at radius 1 is 1.25 bits per heavy atom. The van der Waals surface area contributed by atoms with E-state index in [1.165, 1.54) is 30.1 Å². The summed E-state index contributed by atoms with van der Waals surface area (Å²) in [5, 5.41) is 2.75. The summed E-state index contributed by atoms with van der Waals surface area (Å²) in [5.74, 6) is -2.23. The van der Waals surface area contributed by atoms with Crippen LogP contribution in [-0.2, 0) is 19.1 Å². The summed E-state index contributed by atoms with van der Waals surface area (Å²) in [5.41, 5.74) is 0. The van der Waals surface area contributed by atoms with Gasteiger partial charge in [-0.3, -0.25) is 9.59 Å². The number of ether oxygens (including phenoxy) is 2. The molecule has 2 rings (SSSR count). The van der Waals surface area contributed by atoms with Gasteiger partial charge in [0.15, 0.2) is 24.8 Å². The SMILES string of the molecule is CN(CC(=O)NC1CC1)C(=O)COC(=O)COc1ccccc1F. The van der Waals surface area contributed by atoms with Gasteiger partial charge < -0.3 is 19.7 Å². The number of hydrogen-bond acceptors (Lipinski definition) is 5. The highest BCUT2D eigenvalue weighted by molar-refractivity contribution is 5.86. The number of carbonyl (C=O) groups excluding carboxylic acids is 3. The van der Waals surface area contributed by atoms with Crippen molar-refractivity contribution in [1.29, 1.82) is 0 Å². The van der Waals surface area contributed by atoms with Gasteiger partial charge in [-0.25, -0.2) is 9.18 Å². The van der Waals surface area contributed by atoms with Crippen LogP contribution in [0.2, 0.25) is 0 Å². The van der Waals surface area contributed by atoms with Crippen LogP contribution in [0, 0.1) is 5.82 Å². The minimum absolute atomic E-state index is 0.0744. The van der Waals surface area contributed by atoms with Gasteiger partial charge in [-0.1, -0.05) is 12.1 Å². The third kappa shape index (κ3) is 5.86. The molecule has 24 heavy (non-hydrogen) atoms. The molecule has 1 saturated carbocycles. The molecule has 0 radical (unpaired) electrons. The van der Waals surface area contributed by atoms with Crippen LogP contribution in [0.5, 0.6) is 5.75 Å². The van der Waals surface area contributed by atoms with E-state index >= 15 is 0 Å². The number of nitrogens with zero attached hydrogens (tertiary/aromatic N) is 1. The number of hydrogen-bond donors (Lipinski definition) is 1. The molecule has 0 unspecified atom stereocenters. The second-order valence-electron chi connectivity index (χ2n) is 5.47. The van der Waals surface area contributed by atoms with Crippen LogP contribution < -0.4 is 10.1 Å². The standard InChI is InChI=1S/C16H19FN2O5/c1-19(8-14(20)18-11-6-7-11)15(21)9-24-16(22)10-23-13-5-3-2-4-12(13)17/h2-5,11H,6-10H2,1H3,(H,18,20). The van der Waals surface area contributed by atoms with E-state index < -0.39 is 30.9 Å². The highest BCUT2D eigenvalue weighted by atomic mass is 19.1. The van der Waals surface area contributed by atoms with Crippen LogP contribution in [0.15, 0.2) is 24.3 Å². The Morgan fingerprint density at radius 3 is 2.62 bits per heavy atom. The van der Waals surface area contributed by atoms with Crippen molar-refractivity contribution < 1.29 is 28.2 Å². The van der Waals surface area contributed by atoms with Gasteiger partial charge in [0.25, 0.3) is 5.91 Å². The van der Waals surface area contributed by atoms with Crippen molar-refractivity contribution in [2.24, 2.45) is 0 Å². The predicted octanol–water partition coefficient (Wildman–Crippen LogP) is 0.485. The number of esters is 1. The predicted molar refractivity (Wildman–Crippen MR) is 81.7 cm³/mol. The average molecular weight is 338 g/mol. The van der Waals surface area contributed by atoms with Crippen molar-refractivity contribution in [3.8, 4) is 5.75 Å². The lowest BCUT2D eigenvalue weighted by molar-refractivity contribution is -0.153. The van der Waals surface area contributed by atoms with Gasteiger partial charge in [0.1, 0.15) is 0 Å². The molecular formula is C16H19FN2O5. The molecule has 130 valence electrons. The molecule has 2 amide bonds. The van der Waals surface area contributed by atoms with Gasteiger partial charge in [0.2, 0.25) is 5.91 Å². The number of likely N-dealkylation sites (N-methyl/N-ethyl adjacent to an activating group) is 1. The summed E-state index contributed by atoms with van der Waals surface area (Å²) in [6.45, 7) is -1.12. The highest BCUT2D eigenvalue weighted by Gasteiger charge is 2.24. The average Bonchev–Trinajstić information content (AvgIpc) is 3.35. The fraction of sp³-hybridized carbons (Fsp3) is 0.438. The van der Waals surface area contributed by atoms with Gasteiger partial charge >= 0.3 is 5.97 Å². The Balaban J connectivity index is 1.65. The van der Waals surface area contributed by atoms with Gasteiger partial charge in [0.05, 0.1) is 6.54 Å². The third-order valence-corrected chi connectivity index (χ3v) is 3.29. The van der Waals surface area contributed by atoms with Crippen molar-refractivity contribution in [1.82, 2.24) is 10.2 Å². The Hall–Kier alpha value is -2.64. The minimum Gasteiger partial charge on any atom is -0.479 e. The van der Waals surface area contributed by atoms with E-state index in [1.54, 1.807) is 6.07 Å². The summed E-state index contributed by atoms with van der Waals surface area (Å²) < 4.78 is 23.0. The first-order valence-electron chi connectivity index (χ1n) is 7.52. The van der Waals surface area contributed by atoms with E-state index in [1.807, 2.05) is 0 Å². The topological polar surface area (TPSA) is 84.9 Å². The molecule has 0 aliphatic heterocycles. The summed E-state index contributed by atoms with van der Waals surface area (Å²) in [4.78, 5) is 36.0. The van der Waals surface area contributed by atoms with E-state index in [0.29, 0.717) is 0 Å². The second-order valence-corrected chi connectivity index (χ2v) is 5.47. The zero-order valence-corrected chi connectivity index (χ0v) is 13.3. The number of benzene rings is 1. The molecule has 1 aliphatic carbocycles. The maximum Gasteiger partial charge on any atom is 0.344 e. The van der Waals surface area contributed by atoms with Gasteiger partial charge in [-0.2, -0.15) is 0 Å².